The smallest absolute Gasteiger partial charge is 0.239 e. The van der Waals surface area contributed by atoms with Gasteiger partial charge in [-0.1, -0.05) is 30.4 Å². The van der Waals surface area contributed by atoms with Gasteiger partial charge in [0.25, 0.3) is 0 Å². The Balaban J connectivity index is 2.97. The predicted molar refractivity (Wildman–Crippen MR) is 51.5 cm³/mol. The Kier molecular flexibility index (Phi) is 2.66. The van der Waals surface area contributed by atoms with Crippen molar-refractivity contribution >= 4 is 5.57 Å². The Morgan fingerprint density at radius 2 is 2.33 bits per heavy atom. The molecule has 0 spiro atoms. The van der Waals surface area contributed by atoms with Crippen molar-refractivity contribution in [1.29, 1.82) is 0 Å². The van der Waals surface area contributed by atoms with Crippen molar-refractivity contribution in [2.45, 2.75) is 13.5 Å². The maximum absolute atomic E-state index is 6.72. The van der Waals surface area contributed by atoms with E-state index < -0.39 is 0 Å². The zero-order valence-electron chi connectivity index (χ0n) is 7.17. The summed E-state index contributed by atoms with van der Waals surface area (Å²) in [7, 11) is 0. The molecule has 0 saturated carbocycles. The standard InChI is InChI=1S/C11H11N/c1-9(2)11-6-4-5-10(7-11)8-12-3/h4-7H,1,8H2,2H3. The topological polar surface area (TPSA) is 4.36 Å². The summed E-state index contributed by atoms with van der Waals surface area (Å²) in [5, 5.41) is 0. The zero-order valence-corrected chi connectivity index (χ0v) is 7.17. The summed E-state index contributed by atoms with van der Waals surface area (Å²) in [5.74, 6) is 0. The molecule has 0 amide bonds. The van der Waals surface area contributed by atoms with Crippen molar-refractivity contribution in [3.63, 3.8) is 0 Å². The summed E-state index contributed by atoms with van der Waals surface area (Å²) < 4.78 is 0. The molecule has 0 aliphatic rings. The van der Waals surface area contributed by atoms with E-state index in [0.717, 1.165) is 16.7 Å². The summed E-state index contributed by atoms with van der Waals surface area (Å²) >= 11 is 0. The SMILES string of the molecule is [C-]#[N+]Cc1cccc(C(=C)C)c1. The fraction of sp³-hybridized carbons (Fsp3) is 0.182. The maximum Gasteiger partial charge on any atom is 0.239 e. The van der Waals surface area contributed by atoms with Crippen LogP contribution >= 0.6 is 0 Å². The van der Waals surface area contributed by atoms with Crippen molar-refractivity contribution in [3.05, 3.63) is 53.4 Å². The van der Waals surface area contributed by atoms with Gasteiger partial charge in [-0.3, -0.25) is 0 Å². The van der Waals surface area contributed by atoms with Crippen molar-refractivity contribution in [1.82, 2.24) is 0 Å². The highest BCUT2D eigenvalue weighted by atomic mass is 14.6. The van der Waals surface area contributed by atoms with Gasteiger partial charge in [-0.15, -0.1) is 0 Å². The average molecular weight is 157 g/mol. The van der Waals surface area contributed by atoms with E-state index in [-0.39, 0.29) is 0 Å². The normalized spacial score (nSPS) is 9.00. The van der Waals surface area contributed by atoms with Crippen LogP contribution in [0.2, 0.25) is 0 Å². The summed E-state index contributed by atoms with van der Waals surface area (Å²) in [6.45, 7) is 13.0. The molecule has 0 aromatic heterocycles. The first kappa shape index (κ1) is 8.55. The van der Waals surface area contributed by atoms with E-state index >= 15 is 0 Å². The molecular weight excluding hydrogens is 146 g/mol. The summed E-state index contributed by atoms with van der Waals surface area (Å²) in [4.78, 5) is 3.33. The summed E-state index contributed by atoms with van der Waals surface area (Å²) in [5.41, 5.74) is 3.23. The van der Waals surface area contributed by atoms with Crippen molar-refractivity contribution < 1.29 is 0 Å². The highest BCUT2D eigenvalue weighted by Gasteiger charge is 1.97. The van der Waals surface area contributed by atoms with Crippen LogP contribution in [-0.4, -0.2) is 0 Å². The van der Waals surface area contributed by atoms with Crippen molar-refractivity contribution in [3.8, 4) is 0 Å². The molecule has 12 heavy (non-hydrogen) atoms. The Hall–Kier alpha value is -1.55. The molecule has 1 heteroatoms. The average Bonchev–Trinajstić information content (AvgIpc) is 2.05. The molecule has 1 rings (SSSR count). The quantitative estimate of drug-likeness (QED) is 0.581. The minimum atomic E-state index is 0.459. The highest BCUT2D eigenvalue weighted by Crippen LogP contribution is 2.13. The van der Waals surface area contributed by atoms with Crippen LogP contribution in [0.4, 0.5) is 0 Å². The third-order valence-electron chi connectivity index (χ3n) is 1.68. The Bertz CT molecular complexity index is 331. The number of hydrogen-bond donors (Lipinski definition) is 0. The minimum Gasteiger partial charge on any atom is -0.312 e. The Morgan fingerprint density at radius 3 is 2.92 bits per heavy atom. The van der Waals surface area contributed by atoms with Crippen molar-refractivity contribution in [2.75, 3.05) is 0 Å². The molecule has 0 heterocycles. The fourth-order valence-corrected chi connectivity index (χ4v) is 1.03. The molecule has 0 unspecified atom stereocenters. The third-order valence-corrected chi connectivity index (χ3v) is 1.68. The van der Waals surface area contributed by atoms with E-state index in [2.05, 4.69) is 11.4 Å². The van der Waals surface area contributed by atoms with Gasteiger partial charge in [0.15, 0.2) is 0 Å². The number of benzene rings is 1. The molecule has 0 aliphatic carbocycles. The lowest BCUT2D eigenvalue weighted by molar-refractivity contribution is 1.26. The van der Waals surface area contributed by atoms with Gasteiger partial charge in [0.05, 0.1) is 0 Å². The number of nitrogens with zero attached hydrogens (tertiary/aromatic N) is 1. The summed E-state index contributed by atoms with van der Waals surface area (Å²) in [6, 6.07) is 7.95. The van der Waals surface area contributed by atoms with Gasteiger partial charge >= 0.3 is 0 Å². The van der Waals surface area contributed by atoms with Crippen molar-refractivity contribution in [2.24, 2.45) is 0 Å². The fourth-order valence-electron chi connectivity index (χ4n) is 1.03. The lowest BCUT2D eigenvalue weighted by Crippen LogP contribution is -1.82. The molecule has 0 fully saturated rings. The number of rotatable bonds is 2. The molecule has 0 bridgehead atoms. The van der Waals surface area contributed by atoms with Gasteiger partial charge in [-0.2, -0.15) is 0 Å². The Morgan fingerprint density at radius 1 is 1.58 bits per heavy atom. The van der Waals surface area contributed by atoms with Crippen LogP contribution in [-0.2, 0) is 6.54 Å². The van der Waals surface area contributed by atoms with Gasteiger partial charge < -0.3 is 4.85 Å². The molecule has 0 radical (unpaired) electrons. The molecule has 0 N–H and O–H groups in total. The Labute approximate surface area is 73.2 Å². The second-order valence-corrected chi connectivity index (χ2v) is 2.80. The van der Waals surface area contributed by atoms with E-state index in [0.29, 0.717) is 6.54 Å². The molecular formula is C11H11N. The third kappa shape index (κ3) is 1.96. The van der Waals surface area contributed by atoms with E-state index in [1.807, 2.05) is 31.2 Å². The maximum atomic E-state index is 6.72. The predicted octanol–water partition coefficient (Wildman–Crippen LogP) is 3.14. The van der Waals surface area contributed by atoms with Gasteiger partial charge in [-0.25, -0.2) is 6.57 Å². The van der Waals surface area contributed by atoms with Crippen LogP contribution in [0, 0.1) is 6.57 Å². The first-order chi connectivity index (χ1) is 5.74. The van der Waals surface area contributed by atoms with Crippen LogP contribution in [0.5, 0.6) is 0 Å². The monoisotopic (exact) mass is 157 g/mol. The molecule has 0 aliphatic heterocycles. The lowest BCUT2D eigenvalue weighted by atomic mass is 10.1. The van der Waals surface area contributed by atoms with Gasteiger partial charge in [0.1, 0.15) is 0 Å². The van der Waals surface area contributed by atoms with Crippen LogP contribution < -0.4 is 0 Å². The van der Waals surface area contributed by atoms with Gasteiger partial charge in [0, 0.05) is 5.56 Å². The van der Waals surface area contributed by atoms with Crippen LogP contribution in [0.15, 0.2) is 30.8 Å². The van der Waals surface area contributed by atoms with Gasteiger partial charge in [0.2, 0.25) is 6.54 Å². The molecule has 0 saturated heterocycles. The second kappa shape index (κ2) is 3.73. The molecule has 1 aromatic rings. The number of hydrogen-bond acceptors (Lipinski definition) is 0. The highest BCUT2D eigenvalue weighted by molar-refractivity contribution is 5.61. The minimum absolute atomic E-state index is 0.459. The van der Waals surface area contributed by atoms with E-state index in [1.165, 1.54) is 0 Å². The number of allylic oxidation sites excluding steroid dienone is 1. The van der Waals surface area contributed by atoms with Crippen LogP contribution in [0.1, 0.15) is 18.1 Å². The first-order valence-corrected chi connectivity index (χ1v) is 3.82. The first-order valence-electron chi connectivity index (χ1n) is 3.82. The van der Waals surface area contributed by atoms with Crippen LogP contribution in [0.25, 0.3) is 10.4 Å². The molecule has 1 aromatic carbocycles. The second-order valence-electron chi connectivity index (χ2n) is 2.80. The van der Waals surface area contributed by atoms with Gasteiger partial charge in [-0.05, 0) is 18.6 Å². The zero-order chi connectivity index (χ0) is 8.97. The van der Waals surface area contributed by atoms with E-state index in [1.54, 1.807) is 0 Å². The molecule has 0 atom stereocenters. The van der Waals surface area contributed by atoms with Crippen LogP contribution in [0.3, 0.4) is 0 Å². The van der Waals surface area contributed by atoms with E-state index in [9.17, 15) is 0 Å². The molecule has 1 nitrogen and oxygen atoms in total. The van der Waals surface area contributed by atoms with E-state index in [4.69, 9.17) is 6.57 Å². The lowest BCUT2D eigenvalue weighted by Gasteiger charge is -1.99. The largest absolute Gasteiger partial charge is 0.312 e. The molecule has 60 valence electrons. The summed E-state index contributed by atoms with van der Waals surface area (Å²) in [6.07, 6.45) is 0.